The summed E-state index contributed by atoms with van der Waals surface area (Å²) >= 11 is 0. The van der Waals surface area contributed by atoms with Crippen LogP contribution in [0.1, 0.15) is 50.5 Å². The summed E-state index contributed by atoms with van der Waals surface area (Å²) < 4.78 is 27.5. The largest absolute Gasteiger partial charge is 0.388 e. The van der Waals surface area contributed by atoms with Crippen molar-refractivity contribution in [2.24, 2.45) is 11.8 Å². The standard InChI is InChI=1S/C26H32O3S/c27-26(20-10-15-22-14-7-8-18-24(22)26)25(19-9-13-21-11-3-1-4-12-21)30(28,29)23-16-5-2-6-17-23/h1-6,9,11-12,16-17,19,22,24-25,27H,7-8,10,13-15,18,20H2/b19-9+/t22-,24+,25?,26?/m0/s1. The molecule has 0 radical (unpaired) electrons. The first kappa shape index (κ1) is 21.3. The van der Waals surface area contributed by atoms with Crippen LogP contribution in [0.4, 0.5) is 0 Å². The number of hydrogen-bond acceptors (Lipinski definition) is 3. The van der Waals surface area contributed by atoms with E-state index in [0.29, 0.717) is 23.7 Å². The summed E-state index contributed by atoms with van der Waals surface area (Å²) in [6, 6.07) is 18.7. The van der Waals surface area contributed by atoms with Crippen molar-refractivity contribution in [3.8, 4) is 0 Å². The zero-order valence-corrected chi connectivity index (χ0v) is 18.3. The highest BCUT2D eigenvalue weighted by Crippen LogP contribution is 2.49. The average Bonchev–Trinajstić information content (AvgIpc) is 2.78. The van der Waals surface area contributed by atoms with Gasteiger partial charge in [-0.3, -0.25) is 0 Å². The molecule has 2 unspecified atom stereocenters. The minimum absolute atomic E-state index is 0.0601. The Morgan fingerprint density at radius 2 is 1.57 bits per heavy atom. The maximum absolute atomic E-state index is 13.7. The number of hydrogen-bond donors (Lipinski definition) is 1. The molecule has 2 fully saturated rings. The molecule has 2 aromatic carbocycles. The highest BCUT2D eigenvalue weighted by molar-refractivity contribution is 7.92. The fraction of sp³-hybridized carbons (Fsp3) is 0.462. The maximum Gasteiger partial charge on any atom is 0.187 e. The fourth-order valence-corrected chi connectivity index (χ4v) is 7.61. The van der Waals surface area contributed by atoms with Gasteiger partial charge in [0.25, 0.3) is 0 Å². The van der Waals surface area contributed by atoms with Crippen molar-refractivity contribution in [3.05, 3.63) is 78.4 Å². The average molecular weight is 425 g/mol. The van der Waals surface area contributed by atoms with E-state index >= 15 is 0 Å². The first-order valence-electron chi connectivity index (χ1n) is 11.2. The van der Waals surface area contributed by atoms with Crippen LogP contribution in [0.3, 0.4) is 0 Å². The number of aliphatic hydroxyl groups is 1. The van der Waals surface area contributed by atoms with E-state index in [4.69, 9.17) is 0 Å². The van der Waals surface area contributed by atoms with Gasteiger partial charge in [-0.05, 0) is 55.2 Å². The third-order valence-corrected chi connectivity index (χ3v) is 9.27. The first-order valence-corrected chi connectivity index (χ1v) is 12.8. The summed E-state index contributed by atoms with van der Waals surface area (Å²) in [5, 5.41) is 11.1. The van der Waals surface area contributed by atoms with Crippen molar-refractivity contribution in [3.63, 3.8) is 0 Å². The minimum atomic E-state index is -3.70. The maximum atomic E-state index is 13.7. The zero-order chi connectivity index (χ0) is 21.0. The van der Waals surface area contributed by atoms with Crippen LogP contribution in [0.25, 0.3) is 0 Å². The molecular weight excluding hydrogens is 392 g/mol. The molecule has 160 valence electrons. The predicted octanol–water partition coefficient (Wildman–Crippen LogP) is 5.35. The summed E-state index contributed by atoms with van der Waals surface area (Å²) in [7, 11) is -3.70. The lowest BCUT2D eigenvalue weighted by Gasteiger charge is -2.50. The van der Waals surface area contributed by atoms with Crippen molar-refractivity contribution < 1.29 is 13.5 Å². The minimum Gasteiger partial charge on any atom is -0.388 e. The second kappa shape index (κ2) is 9.07. The number of allylic oxidation sites excluding steroid dienone is 1. The highest BCUT2D eigenvalue weighted by atomic mass is 32.2. The molecule has 2 aliphatic carbocycles. The number of rotatable bonds is 6. The van der Waals surface area contributed by atoms with Crippen molar-refractivity contribution >= 4 is 9.84 Å². The smallest absolute Gasteiger partial charge is 0.187 e. The Hall–Kier alpha value is -1.91. The van der Waals surface area contributed by atoms with Crippen LogP contribution < -0.4 is 0 Å². The molecule has 30 heavy (non-hydrogen) atoms. The molecule has 3 nitrogen and oxygen atoms in total. The van der Waals surface area contributed by atoms with Gasteiger partial charge in [-0.2, -0.15) is 0 Å². The van der Waals surface area contributed by atoms with E-state index < -0.39 is 20.7 Å². The molecular formula is C26H32O3S. The third kappa shape index (κ3) is 4.26. The van der Waals surface area contributed by atoms with Crippen molar-refractivity contribution in [1.82, 2.24) is 0 Å². The SMILES string of the molecule is O=S(=O)(c1ccccc1)C(/C=C/Cc1ccccc1)C1(O)CCC[C@@H]2CCCC[C@H]21. The van der Waals surface area contributed by atoms with Crippen LogP contribution in [0.5, 0.6) is 0 Å². The second-order valence-electron chi connectivity index (χ2n) is 8.93. The molecule has 0 amide bonds. The molecule has 4 heteroatoms. The fourth-order valence-electron chi connectivity index (χ4n) is 5.63. The Morgan fingerprint density at radius 3 is 2.30 bits per heavy atom. The molecule has 2 saturated carbocycles. The summed E-state index contributed by atoms with van der Waals surface area (Å²) in [4.78, 5) is 0.297. The van der Waals surface area contributed by atoms with E-state index in [2.05, 4.69) is 0 Å². The predicted molar refractivity (Wildman–Crippen MR) is 121 cm³/mol. The Labute approximate surface area is 180 Å². The molecule has 0 aromatic heterocycles. The normalized spacial score (nSPS) is 28.2. The van der Waals surface area contributed by atoms with Crippen molar-refractivity contribution in [2.45, 2.75) is 67.1 Å². The number of benzene rings is 2. The lowest BCUT2D eigenvalue weighted by Crippen LogP contribution is -2.56. The van der Waals surface area contributed by atoms with Crippen LogP contribution >= 0.6 is 0 Å². The number of sulfone groups is 1. The quantitative estimate of drug-likeness (QED) is 0.636. The van der Waals surface area contributed by atoms with Crippen LogP contribution in [0.2, 0.25) is 0 Å². The van der Waals surface area contributed by atoms with E-state index in [9.17, 15) is 13.5 Å². The van der Waals surface area contributed by atoms with Gasteiger partial charge in [0.05, 0.1) is 10.5 Å². The lowest BCUT2D eigenvalue weighted by molar-refractivity contribution is -0.0830. The Balaban J connectivity index is 1.71. The van der Waals surface area contributed by atoms with E-state index in [0.717, 1.165) is 37.7 Å². The molecule has 0 aliphatic heterocycles. The Bertz CT molecular complexity index is 950. The van der Waals surface area contributed by atoms with Crippen molar-refractivity contribution in [2.75, 3.05) is 0 Å². The van der Waals surface area contributed by atoms with Gasteiger partial charge in [0.2, 0.25) is 0 Å². The zero-order valence-electron chi connectivity index (χ0n) is 17.5. The van der Waals surface area contributed by atoms with Gasteiger partial charge in [0, 0.05) is 0 Å². The van der Waals surface area contributed by atoms with E-state index in [-0.39, 0.29) is 5.92 Å². The second-order valence-corrected chi connectivity index (χ2v) is 11.0. The molecule has 0 spiro atoms. The van der Waals surface area contributed by atoms with Crippen LogP contribution in [-0.2, 0) is 16.3 Å². The molecule has 2 aliphatic rings. The summed E-state index contributed by atoms with van der Waals surface area (Å²) in [5.74, 6) is 0.498. The van der Waals surface area contributed by atoms with E-state index in [1.54, 1.807) is 30.3 Å². The monoisotopic (exact) mass is 424 g/mol. The third-order valence-electron chi connectivity index (χ3n) is 7.11. The highest BCUT2D eigenvalue weighted by Gasteiger charge is 2.53. The van der Waals surface area contributed by atoms with E-state index in [1.165, 1.54) is 6.42 Å². The lowest BCUT2D eigenvalue weighted by atomic mass is 9.62. The number of fused-ring (bicyclic) bond motifs is 1. The molecule has 0 bridgehead atoms. The van der Waals surface area contributed by atoms with Gasteiger partial charge in [-0.15, -0.1) is 0 Å². The molecule has 1 N–H and O–H groups in total. The van der Waals surface area contributed by atoms with Crippen LogP contribution in [0, 0.1) is 11.8 Å². The molecule has 0 heterocycles. The molecule has 4 rings (SSSR count). The molecule has 0 saturated heterocycles. The topological polar surface area (TPSA) is 54.4 Å². The van der Waals surface area contributed by atoms with Gasteiger partial charge >= 0.3 is 0 Å². The Morgan fingerprint density at radius 1 is 0.933 bits per heavy atom. The van der Waals surface area contributed by atoms with E-state index in [1.807, 2.05) is 42.5 Å². The summed E-state index contributed by atoms with van der Waals surface area (Å²) in [5.41, 5.74) is -0.0682. The van der Waals surface area contributed by atoms with Crippen LogP contribution in [0.15, 0.2) is 77.7 Å². The molecule has 2 aromatic rings. The first-order chi connectivity index (χ1) is 14.5. The van der Waals surface area contributed by atoms with Gasteiger partial charge in [0.15, 0.2) is 9.84 Å². The summed E-state index contributed by atoms with van der Waals surface area (Å²) in [6.45, 7) is 0. The summed E-state index contributed by atoms with van der Waals surface area (Å²) in [6.07, 6.45) is 11.2. The molecule has 4 atom stereocenters. The van der Waals surface area contributed by atoms with Gasteiger partial charge in [0.1, 0.15) is 5.25 Å². The van der Waals surface area contributed by atoms with Gasteiger partial charge in [-0.1, -0.05) is 86.4 Å². The van der Waals surface area contributed by atoms with Gasteiger partial charge in [-0.25, -0.2) is 8.42 Å². The van der Waals surface area contributed by atoms with Crippen LogP contribution in [-0.4, -0.2) is 24.4 Å². The van der Waals surface area contributed by atoms with Crippen molar-refractivity contribution in [1.29, 1.82) is 0 Å². The van der Waals surface area contributed by atoms with Gasteiger partial charge < -0.3 is 5.11 Å². The Kier molecular flexibility index (Phi) is 6.45.